The van der Waals surface area contributed by atoms with Crippen molar-refractivity contribution >= 4 is 5.91 Å². The van der Waals surface area contributed by atoms with Crippen molar-refractivity contribution in [2.24, 2.45) is 17.3 Å². The lowest BCUT2D eigenvalue weighted by Gasteiger charge is -2.50. The summed E-state index contributed by atoms with van der Waals surface area (Å²) in [6, 6.07) is 15.2. The molecule has 35 heavy (non-hydrogen) atoms. The molecule has 3 aliphatic rings. The van der Waals surface area contributed by atoms with Gasteiger partial charge in [-0.3, -0.25) is 9.69 Å². The molecule has 4 nitrogen and oxygen atoms in total. The second-order valence-corrected chi connectivity index (χ2v) is 11.4. The van der Waals surface area contributed by atoms with Crippen LogP contribution in [0.1, 0.15) is 62.5 Å². The van der Waals surface area contributed by atoms with Crippen LogP contribution in [-0.2, 0) is 16.9 Å². The number of methoxy groups -OCH3 is 1. The van der Waals surface area contributed by atoms with Crippen molar-refractivity contribution in [2.45, 2.75) is 63.5 Å². The van der Waals surface area contributed by atoms with Crippen LogP contribution in [0.5, 0.6) is 5.75 Å². The van der Waals surface area contributed by atoms with Crippen LogP contribution >= 0.6 is 0 Å². The van der Waals surface area contributed by atoms with Gasteiger partial charge in [0.1, 0.15) is 11.6 Å². The molecule has 1 spiro atoms. The van der Waals surface area contributed by atoms with Crippen molar-refractivity contribution in [3.63, 3.8) is 0 Å². The van der Waals surface area contributed by atoms with Crippen molar-refractivity contribution in [1.29, 1.82) is 0 Å². The predicted octanol–water partition coefficient (Wildman–Crippen LogP) is 6.00. The highest BCUT2D eigenvalue weighted by atomic mass is 19.1. The number of ether oxygens (including phenoxy) is 1. The quantitative estimate of drug-likeness (QED) is 0.489. The monoisotopic (exact) mass is 478 g/mol. The van der Waals surface area contributed by atoms with E-state index < -0.39 is 0 Å². The standard InChI is InChI=1S/C30H39FN2O2/c1-32(2)30(24-8-5-9-25(31)19-24)16-14-29(15-17-30)21-33(20-23-10-12-26(35-3)13-11-23)28(34)27(29)18-22-6-4-7-22/h5,8-13,19,22,27H,4,6-7,14-18,20-21H2,1-3H3/t27?,29-,30+. The molecule has 2 aliphatic carbocycles. The van der Waals surface area contributed by atoms with E-state index in [1.54, 1.807) is 13.2 Å². The molecule has 0 N–H and O–H groups in total. The highest BCUT2D eigenvalue weighted by Crippen LogP contribution is 2.56. The number of hydrogen-bond donors (Lipinski definition) is 0. The largest absolute Gasteiger partial charge is 0.497 e. The Kier molecular flexibility index (Phi) is 6.65. The number of hydrogen-bond acceptors (Lipinski definition) is 3. The summed E-state index contributed by atoms with van der Waals surface area (Å²) < 4.78 is 19.5. The molecule has 1 atom stereocenters. The minimum atomic E-state index is -0.180. The van der Waals surface area contributed by atoms with Gasteiger partial charge in [-0.25, -0.2) is 4.39 Å². The lowest BCUT2D eigenvalue weighted by atomic mass is 9.59. The molecule has 0 aromatic heterocycles. The lowest BCUT2D eigenvalue weighted by Crippen LogP contribution is -2.49. The number of likely N-dealkylation sites (tertiary alicyclic amines) is 1. The van der Waals surface area contributed by atoms with Gasteiger partial charge in [-0.05, 0) is 92.9 Å². The first-order chi connectivity index (χ1) is 16.8. The number of amides is 1. The Labute approximate surface area is 209 Å². The maximum Gasteiger partial charge on any atom is 0.226 e. The van der Waals surface area contributed by atoms with Crippen molar-refractivity contribution in [1.82, 2.24) is 9.80 Å². The van der Waals surface area contributed by atoms with Crippen molar-refractivity contribution in [3.8, 4) is 5.75 Å². The molecule has 2 saturated carbocycles. The molecular weight excluding hydrogens is 439 g/mol. The van der Waals surface area contributed by atoms with Crippen molar-refractivity contribution in [2.75, 3.05) is 27.7 Å². The summed E-state index contributed by atoms with van der Waals surface area (Å²) in [4.78, 5) is 18.2. The molecule has 2 aromatic carbocycles. The number of nitrogens with zero attached hydrogens (tertiary/aromatic N) is 2. The molecule has 1 amide bonds. The summed E-state index contributed by atoms with van der Waals surface area (Å²) in [7, 11) is 5.91. The summed E-state index contributed by atoms with van der Waals surface area (Å²) in [5, 5.41) is 0. The van der Waals surface area contributed by atoms with Crippen molar-refractivity contribution in [3.05, 3.63) is 65.5 Å². The minimum Gasteiger partial charge on any atom is -0.497 e. The fourth-order valence-corrected chi connectivity index (χ4v) is 6.99. The second-order valence-electron chi connectivity index (χ2n) is 11.4. The van der Waals surface area contributed by atoms with Gasteiger partial charge in [0.05, 0.1) is 7.11 Å². The maximum absolute atomic E-state index is 14.2. The van der Waals surface area contributed by atoms with Gasteiger partial charge in [-0.1, -0.05) is 43.5 Å². The SMILES string of the molecule is COc1ccc(CN2C[C@]3(CC[C@](c4cccc(F)c4)(N(C)C)CC3)C(CC3CCC3)C2=O)cc1. The van der Waals surface area contributed by atoms with Crippen LogP contribution in [0.25, 0.3) is 0 Å². The van der Waals surface area contributed by atoms with E-state index in [1.807, 2.05) is 18.2 Å². The van der Waals surface area contributed by atoms with Gasteiger partial charge < -0.3 is 9.64 Å². The summed E-state index contributed by atoms with van der Waals surface area (Å²) in [6.45, 7) is 1.50. The summed E-state index contributed by atoms with van der Waals surface area (Å²) in [5.74, 6) is 1.82. The Morgan fingerprint density at radius 2 is 1.77 bits per heavy atom. The van der Waals surface area contributed by atoms with Gasteiger partial charge in [-0.2, -0.15) is 0 Å². The zero-order chi connectivity index (χ0) is 24.6. The zero-order valence-corrected chi connectivity index (χ0v) is 21.4. The highest BCUT2D eigenvalue weighted by Gasteiger charge is 2.56. The number of rotatable bonds is 7. The smallest absolute Gasteiger partial charge is 0.226 e. The molecule has 1 heterocycles. The van der Waals surface area contributed by atoms with Gasteiger partial charge in [-0.15, -0.1) is 0 Å². The van der Waals surface area contributed by atoms with E-state index in [1.165, 1.54) is 25.3 Å². The first-order valence-electron chi connectivity index (χ1n) is 13.2. The molecule has 0 radical (unpaired) electrons. The average Bonchev–Trinajstić information content (AvgIpc) is 3.07. The molecule has 2 aromatic rings. The van der Waals surface area contributed by atoms with Crippen LogP contribution in [0, 0.1) is 23.1 Å². The average molecular weight is 479 g/mol. The third kappa shape index (κ3) is 4.48. The molecule has 1 saturated heterocycles. The second kappa shape index (κ2) is 9.57. The first kappa shape index (κ1) is 24.3. The molecular formula is C30H39FN2O2. The molecule has 5 heteroatoms. The van der Waals surface area contributed by atoms with E-state index in [9.17, 15) is 9.18 Å². The van der Waals surface area contributed by atoms with E-state index in [0.717, 1.165) is 55.5 Å². The van der Waals surface area contributed by atoms with Crippen LogP contribution in [0.15, 0.2) is 48.5 Å². The van der Waals surface area contributed by atoms with Crippen LogP contribution in [-0.4, -0.2) is 43.5 Å². The van der Waals surface area contributed by atoms with Crippen LogP contribution in [0.3, 0.4) is 0 Å². The van der Waals surface area contributed by atoms with Gasteiger partial charge in [0.2, 0.25) is 5.91 Å². The third-order valence-electron chi connectivity index (χ3n) is 9.47. The van der Waals surface area contributed by atoms with E-state index in [4.69, 9.17) is 4.74 Å². The van der Waals surface area contributed by atoms with Gasteiger partial charge in [0.15, 0.2) is 0 Å². The Balaban J connectivity index is 1.39. The van der Waals surface area contributed by atoms with Gasteiger partial charge in [0, 0.05) is 24.5 Å². The van der Waals surface area contributed by atoms with Crippen molar-refractivity contribution < 1.29 is 13.9 Å². The van der Waals surface area contributed by atoms with Crippen LogP contribution in [0.4, 0.5) is 4.39 Å². The molecule has 188 valence electrons. The van der Waals surface area contributed by atoms with Crippen LogP contribution < -0.4 is 4.74 Å². The van der Waals surface area contributed by atoms with Gasteiger partial charge >= 0.3 is 0 Å². The molecule has 3 fully saturated rings. The number of carbonyl (C=O) groups excluding carboxylic acids is 1. The predicted molar refractivity (Wildman–Crippen MR) is 137 cm³/mol. The fraction of sp³-hybridized carbons (Fsp3) is 0.567. The Morgan fingerprint density at radius 1 is 1.06 bits per heavy atom. The van der Waals surface area contributed by atoms with Crippen LogP contribution in [0.2, 0.25) is 0 Å². The first-order valence-corrected chi connectivity index (χ1v) is 13.2. The van der Waals surface area contributed by atoms with E-state index in [-0.39, 0.29) is 22.7 Å². The summed E-state index contributed by atoms with van der Waals surface area (Å²) in [6.07, 6.45) is 8.78. The Hall–Kier alpha value is -2.40. The number of halogens is 1. The maximum atomic E-state index is 14.2. The topological polar surface area (TPSA) is 32.8 Å². The Bertz CT molecular complexity index is 1040. The van der Waals surface area contributed by atoms with E-state index in [2.05, 4.69) is 42.1 Å². The summed E-state index contributed by atoms with van der Waals surface area (Å²) in [5.41, 5.74) is 2.05. The fourth-order valence-electron chi connectivity index (χ4n) is 6.99. The minimum absolute atomic E-state index is 0.0198. The molecule has 0 bridgehead atoms. The molecule has 1 aliphatic heterocycles. The molecule has 5 rings (SSSR count). The number of carbonyl (C=O) groups is 1. The summed E-state index contributed by atoms with van der Waals surface area (Å²) >= 11 is 0. The lowest BCUT2D eigenvalue weighted by molar-refractivity contribution is -0.133. The Morgan fingerprint density at radius 3 is 2.34 bits per heavy atom. The number of benzene rings is 2. The normalized spacial score (nSPS) is 29.1. The van der Waals surface area contributed by atoms with Gasteiger partial charge in [0.25, 0.3) is 0 Å². The molecule has 1 unspecified atom stereocenters. The van der Waals surface area contributed by atoms with E-state index >= 15 is 0 Å². The third-order valence-corrected chi connectivity index (χ3v) is 9.47. The highest BCUT2D eigenvalue weighted by molar-refractivity contribution is 5.82. The van der Waals surface area contributed by atoms with E-state index in [0.29, 0.717) is 18.4 Å². The zero-order valence-electron chi connectivity index (χ0n) is 21.4.